The fourth-order valence-electron chi connectivity index (χ4n) is 2.28. The van der Waals surface area contributed by atoms with E-state index >= 15 is 0 Å². The van der Waals surface area contributed by atoms with Gasteiger partial charge in [-0.15, -0.1) is 0 Å². The van der Waals surface area contributed by atoms with Crippen molar-refractivity contribution in [3.63, 3.8) is 0 Å². The van der Waals surface area contributed by atoms with Gasteiger partial charge in [-0.1, -0.05) is 16.8 Å². The summed E-state index contributed by atoms with van der Waals surface area (Å²) in [4.78, 5) is 4.35. The van der Waals surface area contributed by atoms with Gasteiger partial charge in [0, 0.05) is 18.0 Å². The minimum atomic E-state index is -0.455. The topological polar surface area (TPSA) is 51.0 Å². The van der Waals surface area contributed by atoms with Crippen LogP contribution in [0.4, 0.5) is 4.39 Å². The molecule has 0 bridgehead atoms. The highest BCUT2D eigenvalue weighted by atomic mass is 35.5. The quantitative estimate of drug-likeness (QED) is 0.921. The molecule has 1 unspecified atom stereocenters. The zero-order chi connectivity index (χ0) is 14.1. The van der Waals surface area contributed by atoms with Crippen molar-refractivity contribution in [3.8, 4) is 11.4 Å². The van der Waals surface area contributed by atoms with E-state index < -0.39 is 5.82 Å². The Bertz CT molecular complexity index is 612. The summed E-state index contributed by atoms with van der Waals surface area (Å²) in [6.45, 7) is 0. The zero-order valence-electron chi connectivity index (χ0n) is 11.1. The highest BCUT2D eigenvalue weighted by Gasteiger charge is 2.31. The number of hydrogen-bond donors (Lipinski definition) is 1. The van der Waals surface area contributed by atoms with Crippen molar-refractivity contribution in [1.29, 1.82) is 0 Å². The lowest BCUT2D eigenvalue weighted by Gasteiger charge is -2.11. The predicted octanol–water partition coefficient (Wildman–Crippen LogP) is 3.07. The molecule has 1 aromatic carbocycles. The molecule has 1 fully saturated rings. The zero-order valence-corrected chi connectivity index (χ0v) is 11.8. The van der Waals surface area contributed by atoms with Crippen LogP contribution in [0.3, 0.4) is 0 Å². The van der Waals surface area contributed by atoms with Gasteiger partial charge in [-0.25, -0.2) is 4.39 Å². The fourth-order valence-corrected chi connectivity index (χ4v) is 2.46. The van der Waals surface area contributed by atoms with Gasteiger partial charge in [-0.05, 0) is 44.0 Å². The van der Waals surface area contributed by atoms with Crippen molar-refractivity contribution in [2.45, 2.75) is 25.3 Å². The molecule has 106 valence electrons. The summed E-state index contributed by atoms with van der Waals surface area (Å²) in [5.41, 5.74) is 0.652. The van der Waals surface area contributed by atoms with Crippen molar-refractivity contribution in [1.82, 2.24) is 15.5 Å². The molecular formula is C14H15ClFN3O. The lowest BCUT2D eigenvalue weighted by atomic mass is 10.1. The molecule has 3 rings (SSSR count). The van der Waals surface area contributed by atoms with Gasteiger partial charge >= 0.3 is 0 Å². The standard InChI is InChI=1S/C14H15ClFN3O/c1-17-12(8-2-3-8)7-13-18-14(19-20-13)9-4-5-11(16)10(15)6-9/h4-6,8,12,17H,2-3,7H2,1H3. The van der Waals surface area contributed by atoms with Crippen molar-refractivity contribution in [3.05, 3.63) is 34.9 Å². The molecule has 1 saturated carbocycles. The SMILES string of the molecule is CNC(Cc1nc(-c2ccc(F)c(Cl)c2)no1)C1CC1. The van der Waals surface area contributed by atoms with Crippen LogP contribution >= 0.6 is 11.6 Å². The maximum Gasteiger partial charge on any atom is 0.228 e. The van der Waals surface area contributed by atoms with E-state index in [2.05, 4.69) is 15.5 Å². The number of benzene rings is 1. The number of rotatable bonds is 5. The number of nitrogens with one attached hydrogen (secondary N) is 1. The number of likely N-dealkylation sites (N-methyl/N-ethyl adjacent to an activating group) is 1. The Morgan fingerprint density at radius 2 is 2.30 bits per heavy atom. The summed E-state index contributed by atoms with van der Waals surface area (Å²) in [6.07, 6.45) is 3.21. The van der Waals surface area contributed by atoms with E-state index in [1.165, 1.54) is 25.0 Å². The van der Waals surface area contributed by atoms with E-state index in [0.717, 1.165) is 0 Å². The molecule has 1 N–H and O–H groups in total. The van der Waals surface area contributed by atoms with Crippen LogP contribution in [0.2, 0.25) is 5.02 Å². The highest BCUT2D eigenvalue weighted by molar-refractivity contribution is 6.31. The average Bonchev–Trinajstić information content (AvgIpc) is 3.18. The second-order valence-electron chi connectivity index (χ2n) is 5.08. The number of hydrogen-bond acceptors (Lipinski definition) is 4. The predicted molar refractivity (Wildman–Crippen MR) is 74.0 cm³/mol. The monoisotopic (exact) mass is 295 g/mol. The maximum atomic E-state index is 13.1. The number of aromatic nitrogens is 2. The summed E-state index contributed by atoms with van der Waals surface area (Å²) in [5.74, 6) is 1.28. The molecule has 0 amide bonds. The molecule has 0 radical (unpaired) electrons. The fraction of sp³-hybridized carbons (Fsp3) is 0.429. The molecule has 0 saturated heterocycles. The van der Waals surface area contributed by atoms with E-state index in [1.54, 1.807) is 6.07 Å². The molecule has 1 heterocycles. The summed E-state index contributed by atoms with van der Waals surface area (Å²) >= 11 is 5.76. The van der Waals surface area contributed by atoms with Crippen LogP contribution in [-0.2, 0) is 6.42 Å². The molecule has 0 aliphatic heterocycles. The summed E-state index contributed by atoms with van der Waals surface area (Å²) in [5, 5.41) is 7.26. The van der Waals surface area contributed by atoms with Crippen LogP contribution < -0.4 is 5.32 Å². The largest absolute Gasteiger partial charge is 0.339 e. The van der Waals surface area contributed by atoms with E-state index in [9.17, 15) is 4.39 Å². The van der Waals surface area contributed by atoms with Crippen molar-refractivity contribution in [2.24, 2.45) is 5.92 Å². The molecule has 0 spiro atoms. The first-order chi connectivity index (χ1) is 9.67. The van der Waals surface area contributed by atoms with Gasteiger partial charge in [0.15, 0.2) is 0 Å². The second kappa shape index (κ2) is 5.50. The van der Waals surface area contributed by atoms with E-state index in [4.69, 9.17) is 16.1 Å². The first-order valence-corrected chi connectivity index (χ1v) is 7.00. The number of nitrogens with zero attached hydrogens (tertiary/aromatic N) is 2. The van der Waals surface area contributed by atoms with Crippen LogP contribution in [0, 0.1) is 11.7 Å². The lowest BCUT2D eigenvalue weighted by molar-refractivity contribution is 0.352. The minimum absolute atomic E-state index is 0.0555. The Morgan fingerprint density at radius 1 is 1.50 bits per heavy atom. The maximum absolute atomic E-state index is 13.1. The normalized spacial score (nSPS) is 16.4. The molecule has 2 aromatic rings. The van der Waals surface area contributed by atoms with Gasteiger partial charge in [-0.3, -0.25) is 0 Å². The van der Waals surface area contributed by atoms with Crippen LogP contribution in [0.25, 0.3) is 11.4 Å². The molecule has 6 heteroatoms. The van der Waals surface area contributed by atoms with Crippen LogP contribution in [0.15, 0.2) is 22.7 Å². The molecule has 1 aliphatic carbocycles. The van der Waals surface area contributed by atoms with Crippen molar-refractivity contribution in [2.75, 3.05) is 7.05 Å². The summed E-state index contributed by atoms with van der Waals surface area (Å²) in [7, 11) is 1.94. The lowest BCUT2D eigenvalue weighted by Crippen LogP contribution is -2.29. The van der Waals surface area contributed by atoms with E-state index in [0.29, 0.717) is 35.7 Å². The van der Waals surface area contributed by atoms with Gasteiger partial charge in [0.05, 0.1) is 5.02 Å². The first-order valence-electron chi connectivity index (χ1n) is 6.62. The Kier molecular flexibility index (Phi) is 3.72. The molecule has 1 aromatic heterocycles. The van der Waals surface area contributed by atoms with Gasteiger partial charge in [0.25, 0.3) is 0 Å². The Hall–Kier alpha value is -1.46. The smallest absolute Gasteiger partial charge is 0.228 e. The van der Waals surface area contributed by atoms with E-state index in [1.807, 2.05) is 7.05 Å². The molecule has 4 nitrogen and oxygen atoms in total. The van der Waals surface area contributed by atoms with Crippen LogP contribution in [0.1, 0.15) is 18.7 Å². The van der Waals surface area contributed by atoms with Crippen LogP contribution in [-0.4, -0.2) is 23.2 Å². The van der Waals surface area contributed by atoms with Gasteiger partial charge in [0.1, 0.15) is 5.82 Å². The molecule has 20 heavy (non-hydrogen) atoms. The number of halogens is 2. The first kappa shape index (κ1) is 13.5. The van der Waals surface area contributed by atoms with Gasteiger partial charge in [0.2, 0.25) is 11.7 Å². The van der Waals surface area contributed by atoms with Gasteiger partial charge in [-0.2, -0.15) is 4.98 Å². The minimum Gasteiger partial charge on any atom is -0.339 e. The summed E-state index contributed by atoms with van der Waals surface area (Å²) in [6, 6.07) is 4.77. The third-order valence-electron chi connectivity index (χ3n) is 3.60. The van der Waals surface area contributed by atoms with Crippen molar-refractivity contribution < 1.29 is 8.91 Å². The van der Waals surface area contributed by atoms with E-state index in [-0.39, 0.29) is 5.02 Å². The Morgan fingerprint density at radius 3 is 2.95 bits per heavy atom. The Labute approximate surface area is 121 Å². The second-order valence-corrected chi connectivity index (χ2v) is 5.48. The van der Waals surface area contributed by atoms with Gasteiger partial charge < -0.3 is 9.84 Å². The highest BCUT2D eigenvalue weighted by Crippen LogP contribution is 2.34. The van der Waals surface area contributed by atoms with Crippen molar-refractivity contribution >= 4 is 11.6 Å². The molecule has 1 atom stereocenters. The molecule has 1 aliphatic rings. The molecular weight excluding hydrogens is 281 g/mol. The summed E-state index contributed by atoms with van der Waals surface area (Å²) < 4.78 is 18.4. The van der Waals surface area contributed by atoms with Crippen LogP contribution in [0.5, 0.6) is 0 Å². The Balaban J connectivity index is 1.77. The third kappa shape index (κ3) is 2.83. The average molecular weight is 296 g/mol. The third-order valence-corrected chi connectivity index (χ3v) is 3.89.